The molecule has 1 N–H and O–H groups in total. The topological polar surface area (TPSA) is 45.2 Å². The van der Waals surface area contributed by atoms with E-state index in [-0.39, 0.29) is 6.03 Å². The second kappa shape index (κ2) is 6.58. The Bertz CT molecular complexity index is 590. The van der Waals surface area contributed by atoms with Gasteiger partial charge in [0.25, 0.3) is 0 Å². The molecule has 1 fully saturated rings. The number of aromatic nitrogens is 1. The highest BCUT2D eigenvalue weighted by Crippen LogP contribution is 2.29. The predicted octanol–water partition coefficient (Wildman–Crippen LogP) is 3.43. The van der Waals surface area contributed by atoms with E-state index in [1.165, 1.54) is 4.88 Å². The van der Waals surface area contributed by atoms with Gasteiger partial charge in [0.2, 0.25) is 0 Å². The van der Waals surface area contributed by atoms with Gasteiger partial charge in [-0.05, 0) is 31.2 Å². The molecule has 0 unspecified atom stereocenters. The van der Waals surface area contributed by atoms with Gasteiger partial charge in [0, 0.05) is 35.0 Å². The van der Waals surface area contributed by atoms with Crippen molar-refractivity contribution in [2.24, 2.45) is 0 Å². The van der Waals surface area contributed by atoms with Crippen LogP contribution >= 0.6 is 22.7 Å². The van der Waals surface area contributed by atoms with E-state index in [1.54, 1.807) is 22.7 Å². The first-order valence-corrected chi connectivity index (χ1v) is 8.96. The number of amides is 2. The first-order chi connectivity index (χ1) is 10.2. The molecule has 0 atom stereocenters. The molecular weight excluding hydrogens is 302 g/mol. The SMILES string of the molecule is Cc1csc(CCNC(=O)N(Cc2cccs2)C2CC2)n1. The van der Waals surface area contributed by atoms with Gasteiger partial charge in [-0.3, -0.25) is 0 Å². The van der Waals surface area contributed by atoms with Gasteiger partial charge in [-0.2, -0.15) is 0 Å². The number of hydrogen-bond acceptors (Lipinski definition) is 4. The maximum absolute atomic E-state index is 12.3. The molecule has 0 aliphatic heterocycles. The number of aryl methyl sites for hydroxylation is 1. The summed E-state index contributed by atoms with van der Waals surface area (Å²) in [4.78, 5) is 20.0. The molecule has 1 aliphatic rings. The maximum atomic E-state index is 12.3. The molecule has 2 heterocycles. The summed E-state index contributed by atoms with van der Waals surface area (Å²) < 4.78 is 0. The normalized spacial score (nSPS) is 14.1. The number of nitrogens with one attached hydrogen (secondary N) is 1. The van der Waals surface area contributed by atoms with Crippen LogP contribution in [0.25, 0.3) is 0 Å². The summed E-state index contributed by atoms with van der Waals surface area (Å²) in [6.07, 6.45) is 3.07. The van der Waals surface area contributed by atoms with Crippen molar-refractivity contribution < 1.29 is 4.79 Å². The largest absolute Gasteiger partial charge is 0.338 e. The van der Waals surface area contributed by atoms with E-state index in [2.05, 4.69) is 21.7 Å². The van der Waals surface area contributed by atoms with Crippen molar-refractivity contribution in [3.63, 3.8) is 0 Å². The Morgan fingerprint density at radius 1 is 1.48 bits per heavy atom. The molecule has 1 saturated carbocycles. The molecule has 0 saturated heterocycles. The van der Waals surface area contributed by atoms with Crippen molar-refractivity contribution in [1.82, 2.24) is 15.2 Å². The summed E-state index contributed by atoms with van der Waals surface area (Å²) >= 11 is 3.36. The molecule has 2 aromatic heterocycles. The van der Waals surface area contributed by atoms with Gasteiger partial charge < -0.3 is 10.2 Å². The van der Waals surface area contributed by atoms with E-state index in [9.17, 15) is 4.79 Å². The summed E-state index contributed by atoms with van der Waals surface area (Å²) in [5.74, 6) is 0. The Morgan fingerprint density at radius 2 is 2.33 bits per heavy atom. The summed E-state index contributed by atoms with van der Waals surface area (Å²) in [6.45, 7) is 3.37. The molecule has 1 aliphatic carbocycles. The van der Waals surface area contributed by atoms with Gasteiger partial charge in [0.1, 0.15) is 0 Å². The van der Waals surface area contributed by atoms with Crippen LogP contribution in [0, 0.1) is 6.92 Å². The lowest BCUT2D eigenvalue weighted by atomic mass is 10.4. The van der Waals surface area contributed by atoms with Gasteiger partial charge in [0.05, 0.1) is 11.6 Å². The lowest BCUT2D eigenvalue weighted by Gasteiger charge is -2.22. The van der Waals surface area contributed by atoms with Gasteiger partial charge in [-0.1, -0.05) is 6.07 Å². The Kier molecular flexibility index (Phi) is 4.55. The third-order valence-corrected chi connectivity index (χ3v) is 5.32. The molecule has 6 heteroatoms. The number of hydrogen-bond donors (Lipinski definition) is 1. The zero-order valence-corrected chi connectivity index (χ0v) is 13.7. The highest BCUT2D eigenvalue weighted by molar-refractivity contribution is 7.10. The highest BCUT2D eigenvalue weighted by Gasteiger charge is 2.32. The van der Waals surface area contributed by atoms with E-state index in [4.69, 9.17) is 0 Å². The van der Waals surface area contributed by atoms with Gasteiger partial charge in [-0.15, -0.1) is 22.7 Å². The monoisotopic (exact) mass is 321 g/mol. The summed E-state index contributed by atoms with van der Waals surface area (Å²) in [7, 11) is 0. The number of carbonyl (C=O) groups excluding carboxylic acids is 1. The Hall–Kier alpha value is -1.40. The first-order valence-electron chi connectivity index (χ1n) is 7.20. The van der Waals surface area contributed by atoms with Crippen molar-refractivity contribution in [3.8, 4) is 0 Å². The molecule has 3 rings (SSSR count). The van der Waals surface area contributed by atoms with Crippen LogP contribution in [-0.4, -0.2) is 28.5 Å². The van der Waals surface area contributed by atoms with Crippen LogP contribution in [0.5, 0.6) is 0 Å². The first kappa shape index (κ1) is 14.5. The van der Waals surface area contributed by atoms with Gasteiger partial charge in [-0.25, -0.2) is 9.78 Å². The number of thiazole rings is 1. The fourth-order valence-electron chi connectivity index (χ4n) is 2.22. The second-order valence-electron chi connectivity index (χ2n) is 5.30. The minimum Gasteiger partial charge on any atom is -0.338 e. The zero-order valence-electron chi connectivity index (χ0n) is 12.0. The molecule has 2 amide bonds. The van der Waals surface area contributed by atoms with Crippen molar-refractivity contribution in [3.05, 3.63) is 38.5 Å². The number of thiophene rings is 1. The standard InChI is InChI=1S/C15H19N3OS2/c1-11-10-21-14(17-11)6-7-16-15(19)18(12-4-5-12)9-13-3-2-8-20-13/h2-3,8,10,12H,4-7,9H2,1H3,(H,16,19). The van der Waals surface area contributed by atoms with Crippen molar-refractivity contribution in [2.45, 2.75) is 38.8 Å². The van der Waals surface area contributed by atoms with E-state index in [0.717, 1.165) is 36.5 Å². The molecule has 0 bridgehead atoms. The Balaban J connectivity index is 1.50. The van der Waals surface area contributed by atoms with Crippen LogP contribution in [0.1, 0.15) is 28.4 Å². The van der Waals surface area contributed by atoms with E-state index >= 15 is 0 Å². The minimum atomic E-state index is 0.0548. The van der Waals surface area contributed by atoms with Gasteiger partial charge in [0.15, 0.2) is 0 Å². The maximum Gasteiger partial charge on any atom is 0.317 e. The fraction of sp³-hybridized carbons (Fsp3) is 0.467. The third-order valence-electron chi connectivity index (χ3n) is 3.44. The number of urea groups is 1. The number of carbonyl (C=O) groups is 1. The molecule has 112 valence electrons. The van der Waals surface area contributed by atoms with Crippen molar-refractivity contribution >= 4 is 28.7 Å². The zero-order chi connectivity index (χ0) is 14.7. The Labute approximate surface area is 132 Å². The second-order valence-corrected chi connectivity index (χ2v) is 7.28. The van der Waals surface area contributed by atoms with Gasteiger partial charge >= 0.3 is 6.03 Å². The van der Waals surface area contributed by atoms with Crippen molar-refractivity contribution in [1.29, 1.82) is 0 Å². The third kappa shape index (κ3) is 4.04. The number of rotatable bonds is 6. The quantitative estimate of drug-likeness (QED) is 0.886. The molecule has 2 aromatic rings. The minimum absolute atomic E-state index is 0.0548. The molecule has 4 nitrogen and oxygen atoms in total. The predicted molar refractivity (Wildman–Crippen MR) is 86.8 cm³/mol. The molecule has 21 heavy (non-hydrogen) atoms. The molecule has 0 spiro atoms. The average Bonchev–Trinajstić information content (AvgIpc) is 3.01. The van der Waals surface area contributed by atoms with Crippen LogP contribution in [0.15, 0.2) is 22.9 Å². The molecule has 0 radical (unpaired) electrons. The fourth-order valence-corrected chi connectivity index (χ4v) is 3.70. The smallest absolute Gasteiger partial charge is 0.317 e. The van der Waals surface area contributed by atoms with E-state index < -0.39 is 0 Å². The lowest BCUT2D eigenvalue weighted by Crippen LogP contribution is -2.41. The summed E-state index contributed by atoms with van der Waals surface area (Å²) in [5, 5.41) is 8.22. The van der Waals surface area contributed by atoms with Crippen LogP contribution in [-0.2, 0) is 13.0 Å². The van der Waals surface area contributed by atoms with Crippen LogP contribution < -0.4 is 5.32 Å². The van der Waals surface area contributed by atoms with Crippen LogP contribution in [0.3, 0.4) is 0 Å². The Morgan fingerprint density at radius 3 is 2.95 bits per heavy atom. The average molecular weight is 321 g/mol. The molecular formula is C15H19N3OS2. The number of nitrogens with zero attached hydrogens (tertiary/aromatic N) is 2. The van der Waals surface area contributed by atoms with Crippen LogP contribution in [0.2, 0.25) is 0 Å². The highest BCUT2D eigenvalue weighted by atomic mass is 32.1. The lowest BCUT2D eigenvalue weighted by molar-refractivity contribution is 0.192. The summed E-state index contributed by atoms with van der Waals surface area (Å²) in [5.41, 5.74) is 1.05. The van der Waals surface area contributed by atoms with Crippen LogP contribution in [0.4, 0.5) is 4.79 Å². The van der Waals surface area contributed by atoms with Crippen molar-refractivity contribution in [2.75, 3.05) is 6.54 Å². The molecule has 0 aromatic carbocycles. The van der Waals surface area contributed by atoms with E-state index in [1.807, 2.05) is 23.3 Å². The summed E-state index contributed by atoms with van der Waals surface area (Å²) in [6, 6.07) is 4.60. The van der Waals surface area contributed by atoms with E-state index in [0.29, 0.717) is 12.6 Å².